The van der Waals surface area contributed by atoms with E-state index in [1.165, 1.54) is 44.2 Å². The van der Waals surface area contributed by atoms with E-state index < -0.39 is 0 Å². The minimum absolute atomic E-state index is 0.777. The van der Waals surface area contributed by atoms with Crippen LogP contribution in [-0.4, -0.2) is 0 Å². The van der Waals surface area contributed by atoms with Gasteiger partial charge in [0.2, 0.25) is 0 Å². The van der Waals surface area contributed by atoms with Gasteiger partial charge < -0.3 is 10.6 Å². The van der Waals surface area contributed by atoms with Gasteiger partial charge in [0.05, 0.1) is 0 Å². The van der Waals surface area contributed by atoms with Crippen LogP contribution < -0.4 is 10.6 Å². The average Bonchev–Trinajstić information content (AvgIpc) is 3.00. The molecule has 2 N–H and O–H groups in total. The maximum Gasteiger partial charge on any atom is 0.0424 e. The Morgan fingerprint density at radius 3 is 1.05 bits per heavy atom. The van der Waals surface area contributed by atoms with Crippen LogP contribution in [0.5, 0.6) is 0 Å². The summed E-state index contributed by atoms with van der Waals surface area (Å²) in [5, 5.41) is 9.76. The van der Waals surface area contributed by atoms with Crippen LogP contribution in [0.3, 0.4) is 0 Å². The van der Waals surface area contributed by atoms with Gasteiger partial charge in [-0.05, 0) is 45.5 Å². The molecule has 0 heterocycles. The summed E-state index contributed by atoms with van der Waals surface area (Å²) >= 11 is 0. The van der Waals surface area contributed by atoms with Crippen LogP contribution >= 0.6 is 0 Å². The average molecular weight is 491 g/mol. The molecule has 0 unspecified atom stereocenters. The third-order valence-electron chi connectivity index (χ3n) is 7.01. The maximum absolute atomic E-state index is 3.66. The van der Waals surface area contributed by atoms with Gasteiger partial charge in [-0.2, -0.15) is 0 Å². The fraction of sp³-hybridized carbons (Fsp3) is 0.0556. The smallest absolute Gasteiger partial charge is 0.0424 e. The van der Waals surface area contributed by atoms with Gasteiger partial charge in [0.15, 0.2) is 0 Å². The summed E-state index contributed by atoms with van der Waals surface area (Å²) in [5.41, 5.74) is 9.78. The van der Waals surface area contributed by atoms with E-state index in [0.29, 0.717) is 0 Å². The van der Waals surface area contributed by atoms with Crippen LogP contribution in [0.2, 0.25) is 0 Å². The summed E-state index contributed by atoms with van der Waals surface area (Å²) in [5.74, 6) is 0. The molecule has 2 nitrogen and oxygen atoms in total. The molecule has 6 rings (SSSR count). The summed E-state index contributed by atoms with van der Waals surface area (Å²) in [6.45, 7) is 1.55. The van der Waals surface area contributed by atoms with E-state index >= 15 is 0 Å². The Labute approximate surface area is 224 Å². The van der Waals surface area contributed by atoms with Gasteiger partial charge in [0.25, 0.3) is 0 Å². The first-order valence-corrected chi connectivity index (χ1v) is 13.1. The first-order valence-electron chi connectivity index (χ1n) is 13.1. The zero-order valence-electron chi connectivity index (χ0n) is 21.3. The van der Waals surface area contributed by atoms with Crippen molar-refractivity contribution in [2.45, 2.75) is 13.1 Å². The Morgan fingerprint density at radius 2 is 0.658 bits per heavy atom. The van der Waals surface area contributed by atoms with Crippen molar-refractivity contribution in [2.24, 2.45) is 0 Å². The molecule has 0 atom stereocenters. The lowest BCUT2D eigenvalue weighted by Gasteiger charge is -2.15. The first-order chi connectivity index (χ1) is 18.8. The van der Waals surface area contributed by atoms with Crippen molar-refractivity contribution in [3.8, 4) is 22.3 Å². The molecule has 0 aliphatic carbocycles. The zero-order chi connectivity index (χ0) is 25.6. The van der Waals surface area contributed by atoms with Gasteiger partial charge in [-0.1, -0.05) is 133 Å². The molecule has 0 radical (unpaired) electrons. The Kier molecular flexibility index (Phi) is 6.86. The highest BCUT2D eigenvalue weighted by Gasteiger charge is 2.07. The number of benzene rings is 6. The van der Waals surface area contributed by atoms with Crippen molar-refractivity contribution in [1.29, 1.82) is 0 Å². The number of nitrogens with one attached hydrogen (secondary N) is 2. The molecule has 0 fully saturated rings. The largest absolute Gasteiger partial charge is 0.380 e. The topological polar surface area (TPSA) is 24.1 Å². The first kappa shape index (κ1) is 23.6. The van der Waals surface area contributed by atoms with Crippen molar-refractivity contribution in [3.05, 3.63) is 157 Å². The van der Waals surface area contributed by atoms with E-state index in [2.05, 4.69) is 156 Å². The molecular weight excluding hydrogens is 460 g/mol. The molecule has 184 valence electrons. The van der Waals surface area contributed by atoms with Crippen LogP contribution in [0, 0.1) is 0 Å². The molecule has 2 heteroatoms. The highest BCUT2D eigenvalue weighted by atomic mass is 14.9. The Balaban J connectivity index is 1.14. The van der Waals surface area contributed by atoms with Crippen LogP contribution in [0.25, 0.3) is 33.0 Å². The lowest BCUT2D eigenvalue weighted by atomic mass is 10.0. The van der Waals surface area contributed by atoms with Crippen molar-refractivity contribution in [3.63, 3.8) is 0 Å². The molecule has 0 saturated heterocycles. The number of anilines is 2. The van der Waals surface area contributed by atoms with Gasteiger partial charge >= 0.3 is 0 Å². The molecule has 0 aliphatic rings. The summed E-state index contributed by atoms with van der Waals surface area (Å²) in [4.78, 5) is 0. The minimum Gasteiger partial charge on any atom is -0.380 e. The van der Waals surface area contributed by atoms with Gasteiger partial charge in [-0.15, -0.1) is 0 Å². The van der Waals surface area contributed by atoms with E-state index in [1.54, 1.807) is 0 Å². The van der Waals surface area contributed by atoms with E-state index in [4.69, 9.17) is 0 Å². The van der Waals surface area contributed by atoms with Crippen molar-refractivity contribution in [2.75, 3.05) is 10.6 Å². The van der Waals surface area contributed by atoms with Gasteiger partial charge in [-0.25, -0.2) is 0 Å². The van der Waals surface area contributed by atoms with Crippen LogP contribution in [0.15, 0.2) is 146 Å². The lowest BCUT2D eigenvalue weighted by Crippen LogP contribution is -2.03. The lowest BCUT2D eigenvalue weighted by molar-refractivity contribution is 1.15. The third kappa shape index (κ3) is 5.30. The summed E-state index contributed by atoms with van der Waals surface area (Å²) in [6, 6.07) is 51.6. The molecule has 0 aromatic heterocycles. The van der Waals surface area contributed by atoms with Crippen molar-refractivity contribution < 1.29 is 0 Å². The summed E-state index contributed by atoms with van der Waals surface area (Å²) < 4.78 is 0. The number of fused-ring (bicyclic) bond motifs is 1. The van der Waals surface area contributed by atoms with Gasteiger partial charge in [0, 0.05) is 35.2 Å². The second-order valence-electron chi connectivity index (χ2n) is 9.54. The van der Waals surface area contributed by atoms with Crippen LogP contribution in [0.4, 0.5) is 11.4 Å². The number of rotatable bonds is 8. The molecule has 6 aromatic rings. The van der Waals surface area contributed by atoms with Gasteiger partial charge in [-0.3, -0.25) is 0 Å². The SMILES string of the molecule is c1ccc(-c2ccc(CNc3ccc(NCc4ccc(-c5ccccc5)cc4)c4ccccc34)cc2)cc1. The quantitative estimate of drug-likeness (QED) is 0.222. The van der Waals surface area contributed by atoms with Gasteiger partial charge in [0.1, 0.15) is 0 Å². The van der Waals surface area contributed by atoms with Crippen molar-refractivity contribution in [1.82, 2.24) is 0 Å². The second-order valence-corrected chi connectivity index (χ2v) is 9.54. The normalized spacial score (nSPS) is 10.8. The Bertz CT molecular complexity index is 1500. The molecule has 0 spiro atoms. The Morgan fingerprint density at radius 1 is 0.316 bits per heavy atom. The molecule has 6 aromatic carbocycles. The molecule has 0 bridgehead atoms. The predicted octanol–water partition coefficient (Wildman–Crippen LogP) is 9.40. The Hall–Kier alpha value is -4.82. The van der Waals surface area contributed by atoms with E-state index in [9.17, 15) is 0 Å². The molecular formula is C36H30N2. The van der Waals surface area contributed by atoms with E-state index in [-0.39, 0.29) is 0 Å². The highest BCUT2D eigenvalue weighted by Crippen LogP contribution is 2.31. The standard InChI is InChI=1S/C36H30N2/c1-3-9-29(10-4-1)31-19-15-27(16-20-31)25-37-35-23-24-36(34-14-8-7-13-33(34)35)38-26-28-17-21-32(22-18-28)30-11-5-2-6-12-30/h1-24,37-38H,25-26H2. The fourth-order valence-electron chi connectivity index (χ4n) is 4.89. The molecule has 0 amide bonds. The molecule has 0 aliphatic heterocycles. The third-order valence-corrected chi connectivity index (χ3v) is 7.01. The minimum atomic E-state index is 0.777. The van der Waals surface area contributed by atoms with Crippen LogP contribution in [0.1, 0.15) is 11.1 Å². The monoisotopic (exact) mass is 490 g/mol. The van der Waals surface area contributed by atoms with Crippen molar-refractivity contribution >= 4 is 22.1 Å². The zero-order valence-corrected chi connectivity index (χ0v) is 21.3. The fourth-order valence-corrected chi connectivity index (χ4v) is 4.89. The second kappa shape index (κ2) is 11.1. The maximum atomic E-state index is 3.66. The van der Waals surface area contributed by atoms with E-state index in [0.717, 1.165) is 24.5 Å². The highest BCUT2D eigenvalue weighted by molar-refractivity contribution is 6.01. The summed E-state index contributed by atoms with van der Waals surface area (Å²) in [7, 11) is 0. The molecule has 38 heavy (non-hydrogen) atoms. The number of hydrogen-bond acceptors (Lipinski definition) is 2. The van der Waals surface area contributed by atoms with Crippen LogP contribution in [-0.2, 0) is 13.1 Å². The van der Waals surface area contributed by atoms with E-state index in [1.807, 2.05) is 0 Å². The predicted molar refractivity (Wildman–Crippen MR) is 162 cm³/mol. The number of hydrogen-bond donors (Lipinski definition) is 2. The molecule has 0 saturated carbocycles. The summed E-state index contributed by atoms with van der Waals surface area (Å²) in [6.07, 6.45) is 0.